The molecule has 26 heavy (non-hydrogen) atoms. The molecule has 0 saturated carbocycles. The van der Waals surface area contributed by atoms with Crippen LogP contribution in [0.15, 0.2) is 42.5 Å². The Morgan fingerprint density at radius 2 is 1.92 bits per heavy atom. The van der Waals surface area contributed by atoms with Gasteiger partial charge in [-0.2, -0.15) is 0 Å². The van der Waals surface area contributed by atoms with E-state index in [9.17, 15) is 18.8 Å². The maximum Gasteiger partial charge on any atom is 0.325 e. The number of aryl methyl sites for hydroxylation is 1. The van der Waals surface area contributed by atoms with Crippen molar-refractivity contribution in [3.05, 3.63) is 64.4 Å². The fourth-order valence-corrected chi connectivity index (χ4v) is 2.17. The first kappa shape index (κ1) is 19.4. The second-order valence-electron chi connectivity index (χ2n) is 5.39. The highest BCUT2D eigenvalue weighted by atomic mass is 35.5. The van der Waals surface area contributed by atoms with Crippen LogP contribution in [0.1, 0.15) is 15.9 Å². The van der Waals surface area contributed by atoms with E-state index in [2.05, 4.69) is 10.6 Å². The minimum atomic E-state index is -0.794. The van der Waals surface area contributed by atoms with Gasteiger partial charge in [0.05, 0.1) is 5.69 Å². The van der Waals surface area contributed by atoms with E-state index in [0.717, 1.165) is 11.6 Å². The van der Waals surface area contributed by atoms with Gasteiger partial charge in [0, 0.05) is 10.6 Å². The Labute approximate surface area is 154 Å². The molecular formula is C18H16ClFN2O4. The van der Waals surface area contributed by atoms with E-state index in [1.54, 1.807) is 18.2 Å². The normalized spacial score (nSPS) is 10.1. The van der Waals surface area contributed by atoms with Crippen molar-refractivity contribution in [1.29, 1.82) is 0 Å². The largest absolute Gasteiger partial charge is 0.454 e. The predicted molar refractivity (Wildman–Crippen MR) is 94.5 cm³/mol. The van der Waals surface area contributed by atoms with Gasteiger partial charge >= 0.3 is 5.97 Å². The summed E-state index contributed by atoms with van der Waals surface area (Å²) in [5.41, 5.74) is 1.24. The first-order valence-electron chi connectivity index (χ1n) is 7.60. The molecule has 0 unspecified atom stereocenters. The van der Waals surface area contributed by atoms with Gasteiger partial charge < -0.3 is 15.4 Å². The summed E-state index contributed by atoms with van der Waals surface area (Å²) < 4.78 is 18.3. The molecular weight excluding hydrogens is 363 g/mol. The van der Waals surface area contributed by atoms with Crippen LogP contribution in [0.2, 0.25) is 5.02 Å². The van der Waals surface area contributed by atoms with E-state index in [4.69, 9.17) is 16.3 Å². The van der Waals surface area contributed by atoms with Crippen molar-refractivity contribution in [2.75, 3.05) is 18.5 Å². The highest BCUT2D eigenvalue weighted by Gasteiger charge is 2.12. The first-order chi connectivity index (χ1) is 12.3. The number of hydrogen-bond donors (Lipinski definition) is 2. The van der Waals surface area contributed by atoms with Gasteiger partial charge in [0.15, 0.2) is 6.61 Å². The molecule has 2 amide bonds. The van der Waals surface area contributed by atoms with Crippen molar-refractivity contribution in [1.82, 2.24) is 5.32 Å². The zero-order valence-corrected chi connectivity index (χ0v) is 14.6. The molecule has 0 bridgehead atoms. The molecule has 0 aliphatic heterocycles. The van der Waals surface area contributed by atoms with Crippen molar-refractivity contribution in [3.63, 3.8) is 0 Å². The Kier molecular flexibility index (Phi) is 6.68. The van der Waals surface area contributed by atoms with Crippen LogP contribution in [0.5, 0.6) is 0 Å². The average molecular weight is 379 g/mol. The molecule has 2 N–H and O–H groups in total. The number of ether oxygens (including phenoxy) is 1. The van der Waals surface area contributed by atoms with E-state index >= 15 is 0 Å². The van der Waals surface area contributed by atoms with Crippen LogP contribution in [0.3, 0.4) is 0 Å². The van der Waals surface area contributed by atoms with Crippen LogP contribution >= 0.6 is 11.6 Å². The molecule has 8 heteroatoms. The maximum absolute atomic E-state index is 13.6. The van der Waals surface area contributed by atoms with Crippen LogP contribution in [0.4, 0.5) is 10.1 Å². The number of esters is 1. The molecule has 2 aromatic carbocycles. The van der Waals surface area contributed by atoms with E-state index < -0.39 is 36.8 Å². The molecule has 6 nitrogen and oxygen atoms in total. The first-order valence-corrected chi connectivity index (χ1v) is 7.98. The topological polar surface area (TPSA) is 84.5 Å². The summed E-state index contributed by atoms with van der Waals surface area (Å²) in [7, 11) is 0. The van der Waals surface area contributed by atoms with Gasteiger partial charge in [-0.05, 0) is 37.3 Å². The van der Waals surface area contributed by atoms with Crippen molar-refractivity contribution >= 4 is 35.1 Å². The van der Waals surface area contributed by atoms with Crippen LogP contribution in [-0.4, -0.2) is 30.9 Å². The molecule has 0 spiro atoms. The minimum absolute atomic E-state index is 0.0804. The third kappa shape index (κ3) is 5.86. The average Bonchev–Trinajstić information content (AvgIpc) is 2.60. The van der Waals surface area contributed by atoms with E-state index in [0.29, 0.717) is 5.56 Å². The van der Waals surface area contributed by atoms with Crippen LogP contribution in [0.25, 0.3) is 0 Å². The van der Waals surface area contributed by atoms with Crippen molar-refractivity contribution in [3.8, 4) is 0 Å². The minimum Gasteiger partial charge on any atom is -0.454 e. The zero-order valence-electron chi connectivity index (χ0n) is 13.8. The lowest BCUT2D eigenvalue weighted by atomic mass is 10.1. The monoisotopic (exact) mass is 378 g/mol. The lowest BCUT2D eigenvalue weighted by Gasteiger charge is -2.08. The van der Waals surface area contributed by atoms with E-state index in [-0.39, 0.29) is 10.7 Å². The summed E-state index contributed by atoms with van der Waals surface area (Å²) in [4.78, 5) is 35.2. The Hall–Kier alpha value is -2.93. The summed E-state index contributed by atoms with van der Waals surface area (Å²) in [5, 5.41) is 4.84. The van der Waals surface area contributed by atoms with Gasteiger partial charge in [-0.15, -0.1) is 0 Å². The number of hydrogen-bond acceptors (Lipinski definition) is 4. The number of amides is 2. The van der Waals surface area contributed by atoms with Crippen LogP contribution in [-0.2, 0) is 14.3 Å². The lowest BCUT2D eigenvalue weighted by Crippen LogP contribution is -2.32. The molecule has 0 atom stereocenters. The summed E-state index contributed by atoms with van der Waals surface area (Å²) in [5.74, 6) is -2.65. The third-order valence-corrected chi connectivity index (χ3v) is 3.48. The molecule has 2 rings (SSSR count). The highest BCUT2D eigenvalue weighted by molar-refractivity contribution is 6.30. The molecule has 0 aliphatic carbocycles. The molecule has 2 aromatic rings. The molecule has 0 aliphatic rings. The number of anilines is 1. The number of carbonyl (C=O) groups is 3. The maximum atomic E-state index is 13.6. The van der Waals surface area contributed by atoms with Gasteiger partial charge in [-0.25, -0.2) is 4.39 Å². The molecule has 0 saturated heterocycles. The Morgan fingerprint density at radius 3 is 2.62 bits per heavy atom. The fourth-order valence-electron chi connectivity index (χ4n) is 2.02. The SMILES string of the molecule is Cc1cccc(C(=O)NCC(=O)OCC(=O)Nc2ccc(Cl)cc2F)c1. The van der Waals surface area contributed by atoms with Crippen molar-refractivity contribution in [2.24, 2.45) is 0 Å². The zero-order chi connectivity index (χ0) is 19.1. The highest BCUT2D eigenvalue weighted by Crippen LogP contribution is 2.18. The summed E-state index contributed by atoms with van der Waals surface area (Å²) in [6.07, 6.45) is 0. The van der Waals surface area contributed by atoms with Crippen LogP contribution in [0, 0.1) is 12.7 Å². The molecule has 0 heterocycles. The standard InChI is InChI=1S/C18H16ClFN2O4/c1-11-3-2-4-12(7-11)18(25)21-9-17(24)26-10-16(23)22-15-6-5-13(19)8-14(15)20/h2-8H,9-10H2,1H3,(H,21,25)(H,22,23). The van der Waals surface area contributed by atoms with Crippen molar-refractivity contribution in [2.45, 2.75) is 6.92 Å². The summed E-state index contributed by atoms with van der Waals surface area (Å²) in [6.45, 7) is 0.837. The summed E-state index contributed by atoms with van der Waals surface area (Å²) in [6, 6.07) is 10.6. The predicted octanol–water partition coefficient (Wildman–Crippen LogP) is 2.70. The number of carbonyl (C=O) groups excluding carboxylic acids is 3. The summed E-state index contributed by atoms with van der Waals surface area (Å²) >= 11 is 5.61. The molecule has 0 aromatic heterocycles. The van der Waals surface area contributed by atoms with Gasteiger partial charge in [-0.3, -0.25) is 14.4 Å². The van der Waals surface area contributed by atoms with Gasteiger partial charge in [-0.1, -0.05) is 29.3 Å². The lowest BCUT2D eigenvalue weighted by molar-refractivity contribution is -0.146. The second-order valence-corrected chi connectivity index (χ2v) is 5.82. The Balaban J connectivity index is 1.76. The quantitative estimate of drug-likeness (QED) is 0.757. The smallest absolute Gasteiger partial charge is 0.325 e. The van der Waals surface area contributed by atoms with E-state index in [1.165, 1.54) is 12.1 Å². The number of nitrogens with one attached hydrogen (secondary N) is 2. The van der Waals surface area contributed by atoms with Crippen LogP contribution < -0.4 is 10.6 Å². The van der Waals surface area contributed by atoms with Gasteiger partial charge in [0.25, 0.3) is 11.8 Å². The Morgan fingerprint density at radius 1 is 1.15 bits per heavy atom. The van der Waals surface area contributed by atoms with E-state index in [1.807, 2.05) is 13.0 Å². The molecule has 0 radical (unpaired) electrons. The molecule has 0 fully saturated rings. The fraction of sp³-hybridized carbons (Fsp3) is 0.167. The van der Waals surface area contributed by atoms with Crippen molar-refractivity contribution < 1.29 is 23.5 Å². The van der Waals surface area contributed by atoms with Gasteiger partial charge in [0.1, 0.15) is 12.4 Å². The Bertz CT molecular complexity index is 842. The number of rotatable bonds is 6. The van der Waals surface area contributed by atoms with Gasteiger partial charge in [0.2, 0.25) is 0 Å². The second kappa shape index (κ2) is 8.96. The number of halogens is 2. The number of benzene rings is 2. The molecule has 136 valence electrons. The third-order valence-electron chi connectivity index (χ3n) is 3.24.